The topological polar surface area (TPSA) is 352 Å². The fourth-order valence-electron chi connectivity index (χ4n) is 6.02. The molecule has 5 aliphatic rings. The van der Waals surface area contributed by atoms with Gasteiger partial charge in [0.15, 0.2) is 37.6 Å². The number of aliphatic hydroxyl groups is 11. The highest BCUT2D eigenvalue weighted by molar-refractivity contribution is 5.73. The van der Waals surface area contributed by atoms with Crippen LogP contribution < -0.4 is 0 Å². The number of hydrogen-bond donors (Lipinski definition) is 12. The van der Waals surface area contributed by atoms with E-state index in [2.05, 4.69) is 0 Å². The molecule has 0 saturated carbocycles. The van der Waals surface area contributed by atoms with Gasteiger partial charge in [-0.05, 0) is 0 Å². The zero-order valence-corrected chi connectivity index (χ0v) is 26.3. The Kier molecular flexibility index (Phi) is 13.3. The van der Waals surface area contributed by atoms with Gasteiger partial charge >= 0.3 is 5.97 Å². The summed E-state index contributed by atoms with van der Waals surface area (Å²) in [5.41, 5.74) is 0. The number of ether oxygens (including phenoxy) is 10. The molecule has 50 heavy (non-hydrogen) atoms. The minimum Gasteiger partial charge on any atom is -0.479 e. The Morgan fingerprint density at radius 3 is 1.48 bits per heavy atom. The lowest BCUT2D eigenvalue weighted by Gasteiger charge is -2.46. The third-order valence-electron chi connectivity index (χ3n) is 9.03. The SMILES string of the molecule is COC1C(C(=O)O)OC(OC2C(OC3COC(OC4COC(OC5COC(O)C(O)C5O)C(O)C4O)C(O)C3O)OCC(O)C2O)C(O)C1O. The third-order valence-corrected chi connectivity index (χ3v) is 9.03. The number of carboxylic acids is 1. The Labute approximate surface area is 282 Å². The Bertz CT molecular complexity index is 1100. The highest BCUT2D eigenvalue weighted by Crippen LogP contribution is 2.32. The van der Waals surface area contributed by atoms with Gasteiger partial charge in [-0.3, -0.25) is 0 Å². The van der Waals surface area contributed by atoms with Crippen molar-refractivity contribution >= 4 is 5.97 Å². The predicted octanol–water partition coefficient (Wildman–Crippen LogP) is -8.62. The molecule has 0 aliphatic carbocycles. The van der Waals surface area contributed by atoms with Gasteiger partial charge in [-0.15, -0.1) is 0 Å². The lowest BCUT2D eigenvalue weighted by molar-refractivity contribution is -0.374. The van der Waals surface area contributed by atoms with Crippen LogP contribution in [0.25, 0.3) is 0 Å². The maximum atomic E-state index is 11.7. The molecule has 5 saturated heterocycles. The van der Waals surface area contributed by atoms with Crippen LogP contribution in [0.5, 0.6) is 0 Å². The molecule has 23 nitrogen and oxygen atoms in total. The van der Waals surface area contributed by atoms with Crippen LogP contribution in [0.2, 0.25) is 0 Å². The number of carboxylic acid groups (broad SMARTS) is 1. The van der Waals surface area contributed by atoms with Gasteiger partial charge in [0.2, 0.25) is 0 Å². The summed E-state index contributed by atoms with van der Waals surface area (Å²) < 4.78 is 53.7. The standard InChI is InChI=1S/C27H44O23/c1-41-19-14(33)18(37)26(50-21(19)22(38)39)49-20-10(29)6(28)2-43-27(20)48-9-5-45-25(17(36)13(9)32)47-8-4-44-24(16(35)12(8)31)46-7-3-42-23(40)15(34)11(7)30/h6-21,23-37,40H,2-5H2,1H3,(H,38,39). The van der Waals surface area contributed by atoms with Crippen molar-refractivity contribution in [2.24, 2.45) is 0 Å². The highest BCUT2D eigenvalue weighted by Gasteiger charge is 2.53. The van der Waals surface area contributed by atoms with Crippen molar-refractivity contribution in [2.45, 2.75) is 129 Å². The summed E-state index contributed by atoms with van der Waals surface area (Å²) in [4.78, 5) is 11.7. The number of methoxy groups -OCH3 is 1. The van der Waals surface area contributed by atoms with Crippen LogP contribution in [0, 0.1) is 0 Å². The minimum atomic E-state index is -1.90. The number of carbonyl (C=O) groups is 1. The Morgan fingerprint density at radius 1 is 0.500 bits per heavy atom. The van der Waals surface area contributed by atoms with Gasteiger partial charge in [-0.2, -0.15) is 0 Å². The first-order chi connectivity index (χ1) is 23.6. The molecule has 0 bridgehead atoms. The predicted molar refractivity (Wildman–Crippen MR) is 148 cm³/mol. The van der Waals surface area contributed by atoms with Crippen molar-refractivity contribution in [3.8, 4) is 0 Å². The second-order valence-corrected chi connectivity index (χ2v) is 12.4. The lowest BCUT2D eigenvalue weighted by atomic mass is 9.98. The van der Waals surface area contributed by atoms with E-state index in [1.54, 1.807) is 0 Å². The zero-order valence-electron chi connectivity index (χ0n) is 26.3. The van der Waals surface area contributed by atoms with Gasteiger partial charge in [-0.25, -0.2) is 4.79 Å². The second kappa shape index (κ2) is 16.8. The van der Waals surface area contributed by atoms with Gasteiger partial charge in [0.25, 0.3) is 0 Å². The van der Waals surface area contributed by atoms with Crippen molar-refractivity contribution in [2.75, 3.05) is 33.5 Å². The monoisotopic (exact) mass is 736 g/mol. The van der Waals surface area contributed by atoms with Crippen LogP contribution in [0.3, 0.4) is 0 Å². The van der Waals surface area contributed by atoms with Crippen LogP contribution in [-0.4, -0.2) is 230 Å². The molecule has 0 amide bonds. The van der Waals surface area contributed by atoms with E-state index in [1.807, 2.05) is 0 Å². The van der Waals surface area contributed by atoms with Gasteiger partial charge < -0.3 is 109 Å². The molecule has 0 aromatic rings. The Hall–Kier alpha value is -1.37. The number of aliphatic hydroxyl groups excluding tert-OH is 11. The van der Waals surface area contributed by atoms with Crippen LogP contribution in [-0.2, 0) is 52.2 Å². The molecule has 0 aromatic heterocycles. The maximum Gasteiger partial charge on any atom is 0.335 e. The van der Waals surface area contributed by atoms with Crippen LogP contribution >= 0.6 is 0 Å². The van der Waals surface area contributed by atoms with E-state index in [4.69, 9.17) is 47.4 Å². The Balaban J connectivity index is 1.17. The average Bonchev–Trinajstić information content (AvgIpc) is 3.08. The molecule has 5 aliphatic heterocycles. The molecule has 0 spiro atoms. The summed E-state index contributed by atoms with van der Waals surface area (Å²) in [7, 11) is 1.09. The van der Waals surface area contributed by atoms with Crippen molar-refractivity contribution in [3.63, 3.8) is 0 Å². The lowest BCUT2D eigenvalue weighted by Crippen LogP contribution is -2.65. The van der Waals surface area contributed by atoms with E-state index in [0.717, 1.165) is 7.11 Å². The van der Waals surface area contributed by atoms with Gasteiger partial charge in [0, 0.05) is 7.11 Å². The zero-order chi connectivity index (χ0) is 36.6. The molecular weight excluding hydrogens is 692 g/mol. The molecule has 5 rings (SSSR count). The van der Waals surface area contributed by atoms with Gasteiger partial charge in [0.05, 0.1) is 26.4 Å². The fourth-order valence-corrected chi connectivity index (χ4v) is 6.02. The Morgan fingerprint density at radius 2 is 0.960 bits per heavy atom. The average molecular weight is 737 g/mol. The first-order valence-corrected chi connectivity index (χ1v) is 15.6. The first kappa shape index (κ1) is 39.8. The van der Waals surface area contributed by atoms with E-state index < -0.39 is 155 Å². The third kappa shape index (κ3) is 8.23. The normalized spacial score (nSPS) is 52.0. The summed E-state index contributed by atoms with van der Waals surface area (Å²) in [5.74, 6) is -1.57. The number of rotatable bonds is 10. The molecule has 0 radical (unpaired) electrons. The quantitative estimate of drug-likeness (QED) is 0.0990. The number of hydrogen-bond acceptors (Lipinski definition) is 22. The maximum absolute atomic E-state index is 11.7. The molecule has 0 aromatic carbocycles. The van der Waals surface area contributed by atoms with Crippen molar-refractivity contribution in [1.29, 1.82) is 0 Å². The summed E-state index contributed by atoms with van der Waals surface area (Å²) in [6, 6.07) is 0. The highest BCUT2D eigenvalue weighted by atomic mass is 16.8. The first-order valence-electron chi connectivity index (χ1n) is 15.6. The molecule has 23 heteroatoms. The van der Waals surface area contributed by atoms with Crippen molar-refractivity contribution < 1.29 is 113 Å². The summed E-state index contributed by atoms with van der Waals surface area (Å²) in [5, 5.41) is 124. The van der Waals surface area contributed by atoms with E-state index in [1.165, 1.54) is 0 Å². The van der Waals surface area contributed by atoms with Crippen LogP contribution in [0.15, 0.2) is 0 Å². The minimum absolute atomic E-state index is 0.372. The smallest absolute Gasteiger partial charge is 0.335 e. The van der Waals surface area contributed by atoms with Crippen molar-refractivity contribution in [1.82, 2.24) is 0 Å². The summed E-state index contributed by atoms with van der Waals surface area (Å²) >= 11 is 0. The van der Waals surface area contributed by atoms with E-state index in [0.29, 0.717) is 0 Å². The van der Waals surface area contributed by atoms with Crippen molar-refractivity contribution in [3.05, 3.63) is 0 Å². The number of aliphatic carboxylic acids is 1. The molecule has 5 heterocycles. The van der Waals surface area contributed by atoms with Crippen LogP contribution in [0.4, 0.5) is 0 Å². The van der Waals surface area contributed by atoms with Gasteiger partial charge in [-0.1, -0.05) is 0 Å². The largest absolute Gasteiger partial charge is 0.479 e. The second-order valence-electron chi connectivity index (χ2n) is 12.4. The molecule has 5 fully saturated rings. The molecular formula is C27H44O23. The van der Waals surface area contributed by atoms with E-state index >= 15 is 0 Å². The van der Waals surface area contributed by atoms with Crippen LogP contribution in [0.1, 0.15) is 0 Å². The fraction of sp³-hybridized carbons (Fsp3) is 0.963. The molecule has 21 unspecified atom stereocenters. The molecule has 12 N–H and O–H groups in total. The van der Waals surface area contributed by atoms with E-state index in [9.17, 15) is 66.1 Å². The summed E-state index contributed by atoms with van der Waals surface area (Å²) in [6.45, 7) is -1.85. The summed E-state index contributed by atoms with van der Waals surface area (Å²) in [6.07, 6.45) is -35.0. The molecule has 290 valence electrons. The van der Waals surface area contributed by atoms with E-state index in [-0.39, 0.29) is 6.61 Å². The molecule has 21 atom stereocenters. The van der Waals surface area contributed by atoms with Gasteiger partial charge in [0.1, 0.15) is 91.6 Å².